The second kappa shape index (κ2) is 9.25. The van der Waals surface area contributed by atoms with Crippen molar-refractivity contribution in [1.29, 1.82) is 0 Å². The molecule has 0 aliphatic carbocycles. The second-order valence-corrected chi connectivity index (χ2v) is 6.68. The Hall–Kier alpha value is -2.03. The highest BCUT2D eigenvalue weighted by Gasteiger charge is 2.24. The average Bonchev–Trinajstić information content (AvgIpc) is 3.12. The van der Waals surface area contributed by atoms with Gasteiger partial charge in [0.1, 0.15) is 12.2 Å². The first kappa shape index (κ1) is 19.7. The van der Waals surface area contributed by atoms with Crippen LogP contribution in [0.25, 0.3) is 0 Å². The van der Waals surface area contributed by atoms with Crippen molar-refractivity contribution in [2.75, 3.05) is 32.8 Å². The molecule has 0 bridgehead atoms. The van der Waals surface area contributed by atoms with E-state index < -0.39 is 18.9 Å². The Kier molecular flexibility index (Phi) is 6.76. The maximum absolute atomic E-state index is 12.4. The van der Waals surface area contributed by atoms with Gasteiger partial charge in [-0.1, -0.05) is 23.7 Å². The Labute approximate surface area is 161 Å². The van der Waals surface area contributed by atoms with Gasteiger partial charge in [-0.15, -0.1) is 0 Å². The van der Waals surface area contributed by atoms with Crippen molar-refractivity contribution < 1.29 is 18.3 Å². The lowest BCUT2D eigenvalue weighted by atomic mass is 10.0. The Bertz CT molecular complexity index is 748. The van der Waals surface area contributed by atoms with Crippen molar-refractivity contribution >= 4 is 17.5 Å². The molecule has 6 nitrogen and oxygen atoms in total. The SMILES string of the molecule is O=C(NCC(c1ccc(Cl)cc1)N1CCOCC1)c1ccn(CC(F)F)n1. The number of nitrogens with one attached hydrogen (secondary N) is 1. The van der Waals surface area contributed by atoms with Crippen LogP contribution in [0, 0.1) is 0 Å². The predicted molar refractivity (Wildman–Crippen MR) is 97.1 cm³/mol. The maximum Gasteiger partial charge on any atom is 0.271 e. The van der Waals surface area contributed by atoms with E-state index in [4.69, 9.17) is 16.3 Å². The van der Waals surface area contributed by atoms with Crippen molar-refractivity contribution in [2.45, 2.75) is 19.0 Å². The number of amides is 1. The van der Waals surface area contributed by atoms with Gasteiger partial charge < -0.3 is 10.1 Å². The fourth-order valence-corrected chi connectivity index (χ4v) is 3.16. The number of rotatable bonds is 7. The van der Waals surface area contributed by atoms with E-state index in [-0.39, 0.29) is 11.7 Å². The maximum atomic E-state index is 12.4. The van der Waals surface area contributed by atoms with Crippen LogP contribution < -0.4 is 5.32 Å². The lowest BCUT2D eigenvalue weighted by molar-refractivity contribution is 0.0162. The molecule has 0 spiro atoms. The van der Waals surface area contributed by atoms with Crippen LogP contribution in [0.1, 0.15) is 22.1 Å². The third-order valence-electron chi connectivity index (χ3n) is 4.40. The molecule has 1 saturated heterocycles. The van der Waals surface area contributed by atoms with Gasteiger partial charge in [-0.3, -0.25) is 14.4 Å². The molecule has 1 aliphatic heterocycles. The van der Waals surface area contributed by atoms with Gasteiger partial charge in [0.15, 0.2) is 0 Å². The molecule has 0 radical (unpaired) electrons. The van der Waals surface area contributed by atoms with Crippen LogP contribution in [-0.2, 0) is 11.3 Å². The Morgan fingerprint density at radius 3 is 2.59 bits per heavy atom. The Morgan fingerprint density at radius 2 is 1.93 bits per heavy atom. The molecule has 2 aromatic rings. The largest absolute Gasteiger partial charge is 0.379 e. The molecule has 1 amide bonds. The van der Waals surface area contributed by atoms with E-state index in [0.717, 1.165) is 23.3 Å². The molecule has 1 N–H and O–H groups in total. The molecule has 1 aromatic carbocycles. The van der Waals surface area contributed by atoms with Gasteiger partial charge in [-0.2, -0.15) is 5.10 Å². The number of nitrogens with zero attached hydrogens (tertiary/aromatic N) is 3. The summed E-state index contributed by atoms with van der Waals surface area (Å²) in [5.41, 5.74) is 1.15. The molecule has 3 rings (SSSR count). The average molecular weight is 399 g/mol. The van der Waals surface area contributed by atoms with Gasteiger partial charge in [-0.05, 0) is 23.8 Å². The number of hydrogen-bond donors (Lipinski definition) is 1. The van der Waals surface area contributed by atoms with Crippen LogP contribution in [0.5, 0.6) is 0 Å². The van der Waals surface area contributed by atoms with Crippen LogP contribution in [0.2, 0.25) is 5.02 Å². The molecule has 9 heteroatoms. The number of morpholine rings is 1. The van der Waals surface area contributed by atoms with Gasteiger partial charge in [-0.25, -0.2) is 8.78 Å². The summed E-state index contributed by atoms with van der Waals surface area (Å²) in [6.45, 7) is 2.61. The van der Waals surface area contributed by atoms with E-state index >= 15 is 0 Å². The predicted octanol–water partition coefficient (Wildman–Crippen LogP) is 2.60. The molecular formula is C18H21ClF2N4O2. The summed E-state index contributed by atoms with van der Waals surface area (Å²) in [6.07, 6.45) is -1.14. The van der Waals surface area contributed by atoms with Crippen LogP contribution in [-0.4, -0.2) is 59.9 Å². The number of hydrogen-bond acceptors (Lipinski definition) is 4. The fraction of sp³-hybridized carbons (Fsp3) is 0.444. The molecular weight excluding hydrogens is 378 g/mol. The first-order valence-corrected chi connectivity index (χ1v) is 9.08. The first-order chi connectivity index (χ1) is 13.0. The zero-order valence-electron chi connectivity index (χ0n) is 14.7. The highest BCUT2D eigenvalue weighted by atomic mass is 35.5. The summed E-state index contributed by atoms with van der Waals surface area (Å²) in [5, 5.41) is 7.40. The van der Waals surface area contributed by atoms with Crippen LogP contribution in [0.4, 0.5) is 8.78 Å². The molecule has 1 fully saturated rings. The number of benzene rings is 1. The van der Waals surface area contributed by atoms with E-state index in [9.17, 15) is 13.6 Å². The molecule has 1 aromatic heterocycles. The normalized spacial score (nSPS) is 16.4. The van der Waals surface area contributed by atoms with Gasteiger partial charge in [0.2, 0.25) is 0 Å². The number of carbonyl (C=O) groups is 1. The smallest absolute Gasteiger partial charge is 0.271 e. The number of alkyl halides is 2. The summed E-state index contributed by atoms with van der Waals surface area (Å²) in [6, 6.07) is 8.90. The van der Waals surface area contributed by atoms with E-state index in [1.54, 1.807) is 0 Å². The molecule has 146 valence electrons. The quantitative estimate of drug-likeness (QED) is 0.779. The monoisotopic (exact) mass is 398 g/mol. The molecule has 1 aliphatic rings. The highest BCUT2D eigenvalue weighted by Crippen LogP contribution is 2.23. The summed E-state index contributed by atoms with van der Waals surface area (Å²) >= 11 is 5.98. The number of carbonyl (C=O) groups excluding carboxylic acids is 1. The lowest BCUT2D eigenvalue weighted by Gasteiger charge is -2.34. The Balaban J connectivity index is 1.67. The topological polar surface area (TPSA) is 59.4 Å². The van der Waals surface area contributed by atoms with E-state index in [1.165, 1.54) is 12.3 Å². The summed E-state index contributed by atoms with van der Waals surface area (Å²) in [4.78, 5) is 14.6. The summed E-state index contributed by atoms with van der Waals surface area (Å²) in [7, 11) is 0. The van der Waals surface area contributed by atoms with Gasteiger partial charge in [0.25, 0.3) is 12.3 Å². The van der Waals surface area contributed by atoms with Crippen LogP contribution >= 0.6 is 11.6 Å². The Morgan fingerprint density at radius 1 is 1.22 bits per heavy atom. The second-order valence-electron chi connectivity index (χ2n) is 6.24. The zero-order valence-corrected chi connectivity index (χ0v) is 15.4. The third-order valence-corrected chi connectivity index (χ3v) is 4.65. The molecule has 2 heterocycles. The minimum absolute atomic E-state index is 0.0433. The molecule has 1 unspecified atom stereocenters. The zero-order chi connectivity index (χ0) is 19.2. The summed E-state index contributed by atoms with van der Waals surface area (Å²) < 4.78 is 31.3. The minimum Gasteiger partial charge on any atom is -0.379 e. The first-order valence-electron chi connectivity index (χ1n) is 8.70. The fourth-order valence-electron chi connectivity index (χ4n) is 3.04. The van der Waals surface area contributed by atoms with Gasteiger partial charge in [0.05, 0.1) is 19.3 Å². The van der Waals surface area contributed by atoms with Crippen molar-refractivity contribution in [3.63, 3.8) is 0 Å². The molecule has 0 saturated carbocycles. The number of aromatic nitrogens is 2. The van der Waals surface area contributed by atoms with E-state index in [1.807, 2.05) is 24.3 Å². The van der Waals surface area contributed by atoms with Crippen molar-refractivity contribution in [3.05, 3.63) is 52.8 Å². The third kappa shape index (κ3) is 5.47. The van der Waals surface area contributed by atoms with Gasteiger partial charge in [0, 0.05) is 30.9 Å². The lowest BCUT2D eigenvalue weighted by Crippen LogP contribution is -2.43. The van der Waals surface area contributed by atoms with E-state index in [0.29, 0.717) is 24.8 Å². The molecule has 27 heavy (non-hydrogen) atoms. The number of halogens is 3. The molecule has 1 atom stereocenters. The number of ether oxygens (including phenoxy) is 1. The van der Waals surface area contributed by atoms with Crippen molar-refractivity contribution in [3.8, 4) is 0 Å². The highest BCUT2D eigenvalue weighted by molar-refractivity contribution is 6.30. The van der Waals surface area contributed by atoms with E-state index in [2.05, 4.69) is 15.3 Å². The van der Waals surface area contributed by atoms with Crippen LogP contribution in [0.3, 0.4) is 0 Å². The van der Waals surface area contributed by atoms with Gasteiger partial charge >= 0.3 is 0 Å². The van der Waals surface area contributed by atoms with Crippen molar-refractivity contribution in [2.24, 2.45) is 0 Å². The summed E-state index contributed by atoms with van der Waals surface area (Å²) in [5.74, 6) is -0.393. The van der Waals surface area contributed by atoms with Crippen LogP contribution in [0.15, 0.2) is 36.5 Å². The van der Waals surface area contributed by atoms with Crippen molar-refractivity contribution in [1.82, 2.24) is 20.0 Å². The standard InChI is InChI=1S/C18H21ClF2N4O2/c19-14-3-1-13(2-4-14)16(24-7-9-27-10-8-24)11-22-18(26)15-5-6-25(23-15)12-17(20)21/h1-6,16-17H,7-12H2,(H,22,26). The minimum atomic E-state index is -2.52.